The third kappa shape index (κ3) is 5.43. The Hall–Kier alpha value is -3.26. The molecule has 3 saturated carbocycles. The second-order valence-corrected chi connectivity index (χ2v) is 12.3. The van der Waals surface area contributed by atoms with Gasteiger partial charge in [-0.15, -0.1) is 0 Å². The zero-order valence-electron chi connectivity index (χ0n) is 21.8. The van der Waals surface area contributed by atoms with E-state index in [2.05, 4.69) is 10.0 Å². The lowest BCUT2D eigenvalue weighted by molar-refractivity contribution is -0.220. The molecular weight excluding hydrogens is 465 g/mol. The van der Waals surface area contributed by atoms with Crippen molar-refractivity contribution in [1.82, 2.24) is 9.47 Å². The Bertz CT molecular complexity index is 1230. The van der Waals surface area contributed by atoms with Crippen molar-refractivity contribution in [1.29, 1.82) is 0 Å². The van der Waals surface area contributed by atoms with Crippen LogP contribution in [0.5, 0.6) is 0 Å². The molecule has 0 unspecified atom stereocenters. The van der Waals surface area contributed by atoms with Crippen LogP contribution in [0, 0.1) is 5.41 Å². The van der Waals surface area contributed by atoms with E-state index in [-0.39, 0.29) is 18.5 Å². The number of halogens is 1. The summed E-state index contributed by atoms with van der Waals surface area (Å²) in [6.07, 6.45) is 0.238. The second kappa shape index (κ2) is 8.69. The predicted molar refractivity (Wildman–Crippen MR) is 133 cm³/mol. The van der Waals surface area contributed by atoms with E-state index in [9.17, 15) is 14.0 Å². The fourth-order valence-electron chi connectivity index (χ4n) is 5.30. The third-order valence-electron chi connectivity index (χ3n) is 6.44. The third-order valence-corrected chi connectivity index (χ3v) is 6.44. The van der Waals surface area contributed by atoms with E-state index in [1.54, 1.807) is 52.5 Å². The van der Waals surface area contributed by atoms with Crippen molar-refractivity contribution in [3.63, 3.8) is 0 Å². The van der Waals surface area contributed by atoms with Gasteiger partial charge in [0.1, 0.15) is 16.9 Å². The first kappa shape index (κ1) is 25.8. The lowest BCUT2D eigenvalue weighted by Crippen LogP contribution is -2.68. The number of hydrogen-bond donors (Lipinski definition) is 0. The summed E-state index contributed by atoms with van der Waals surface area (Å²) >= 11 is 0. The molecule has 1 amide bonds. The zero-order chi connectivity index (χ0) is 26.5. The molecular formula is C26H34FN5O4. The Kier molecular flexibility index (Phi) is 6.23. The number of azide groups is 1. The van der Waals surface area contributed by atoms with Crippen LogP contribution in [-0.4, -0.2) is 45.1 Å². The van der Waals surface area contributed by atoms with E-state index in [1.807, 2.05) is 18.2 Å². The Morgan fingerprint density at radius 1 is 1.11 bits per heavy atom. The van der Waals surface area contributed by atoms with Gasteiger partial charge in [0.15, 0.2) is 0 Å². The average molecular weight is 500 g/mol. The smallest absolute Gasteiger partial charge is 0.419 e. The van der Waals surface area contributed by atoms with Gasteiger partial charge in [-0.1, -0.05) is 17.2 Å². The first-order valence-corrected chi connectivity index (χ1v) is 12.2. The van der Waals surface area contributed by atoms with E-state index in [4.69, 9.17) is 15.0 Å². The lowest BCUT2D eigenvalue weighted by atomic mass is 9.42. The number of carbonyl (C=O) groups is 2. The number of ether oxygens (including phenoxy) is 2. The largest absolute Gasteiger partial charge is 0.444 e. The normalized spacial score (nSPS) is 22.8. The van der Waals surface area contributed by atoms with Crippen LogP contribution in [0.25, 0.3) is 21.3 Å². The zero-order valence-corrected chi connectivity index (χ0v) is 21.8. The molecule has 194 valence electrons. The van der Waals surface area contributed by atoms with Crippen molar-refractivity contribution >= 4 is 23.1 Å². The number of amides is 1. The molecule has 0 saturated heterocycles. The van der Waals surface area contributed by atoms with Crippen molar-refractivity contribution in [2.24, 2.45) is 10.5 Å². The maximum absolute atomic E-state index is 14.2. The Morgan fingerprint density at radius 2 is 1.75 bits per heavy atom. The minimum atomic E-state index is -1.09. The van der Waals surface area contributed by atoms with Gasteiger partial charge in [-0.2, -0.15) is 0 Å². The molecule has 2 aromatic rings. The van der Waals surface area contributed by atoms with Gasteiger partial charge in [-0.3, -0.25) is 0 Å². The Balaban J connectivity index is 1.72. The van der Waals surface area contributed by atoms with Gasteiger partial charge in [-0.25, -0.2) is 18.5 Å². The molecule has 1 aromatic heterocycles. The minimum Gasteiger partial charge on any atom is -0.444 e. The van der Waals surface area contributed by atoms with E-state index in [0.29, 0.717) is 37.0 Å². The van der Waals surface area contributed by atoms with Crippen molar-refractivity contribution < 1.29 is 23.5 Å². The SMILES string of the molecule is CC(C)(C)OC(=O)N(Cc1cc2ccc(CN=[N+]=[N-])cc2n1C(=O)OC(C)(C)C)CC12CC(F)(C1)C2. The summed E-state index contributed by atoms with van der Waals surface area (Å²) in [7, 11) is 0. The van der Waals surface area contributed by atoms with Gasteiger partial charge < -0.3 is 14.4 Å². The van der Waals surface area contributed by atoms with Gasteiger partial charge >= 0.3 is 12.2 Å². The first-order chi connectivity index (χ1) is 16.6. The topological polar surface area (TPSA) is 110 Å². The minimum absolute atomic E-state index is 0.0928. The van der Waals surface area contributed by atoms with Crippen LogP contribution in [0.2, 0.25) is 0 Å². The van der Waals surface area contributed by atoms with Crippen LogP contribution in [0.15, 0.2) is 29.4 Å². The van der Waals surface area contributed by atoms with Crippen LogP contribution in [-0.2, 0) is 22.6 Å². The number of hydrogen-bond acceptors (Lipinski definition) is 5. The van der Waals surface area contributed by atoms with Crippen LogP contribution in [0.4, 0.5) is 14.0 Å². The number of aromatic nitrogens is 1. The number of nitrogens with zero attached hydrogens (tertiary/aromatic N) is 5. The summed E-state index contributed by atoms with van der Waals surface area (Å²) in [6.45, 7) is 11.3. The Morgan fingerprint density at radius 3 is 2.31 bits per heavy atom. The molecule has 3 fully saturated rings. The maximum atomic E-state index is 14.2. The highest BCUT2D eigenvalue weighted by atomic mass is 19.1. The quantitative estimate of drug-likeness (QED) is 0.245. The molecule has 2 bridgehead atoms. The lowest BCUT2D eigenvalue weighted by Gasteiger charge is -2.66. The molecule has 10 heteroatoms. The molecule has 0 atom stereocenters. The van der Waals surface area contributed by atoms with Crippen LogP contribution < -0.4 is 0 Å². The highest BCUT2D eigenvalue weighted by molar-refractivity contribution is 5.91. The van der Waals surface area contributed by atoms with Crippen LogP contribution in [0.1, 0.15) is 72.1 Å². The first-order valence-electron chi connectivity index (χ1n) is 12.2. The molecule has 1 heterocycles. The monoisotopic (exact) mass is 499 g/mol. The molecule has 5 rings (SSSR count). The summed E-state index contributed by atoms with van der Waals surface area (Å²) in [6, 6.07) is 7.29. The molecule has 9 nitrogen and oxygen atoms in total. The van der Waals surface area contributed by atoms with Crippen molar-refractivity contribution in [3.8, 4) is 0 Å². The summed E-state index contributed by atoms with van der Waals surface area (Å²) < 4.78 is 27.0. The van der Waals surface area contributed by atoms with E-state index < -0.39 is 29.1 Å². The van der Waals surface area contributed by atoms with Gasteiger partial charge in [0.05, 0.1) is 18.6 Å². The van der Waals surface area contributed by atoms with E-state index in [1.165, 1.54) is 4.57 Å². The average Bonchev–Trinajstić information content (AvgIpc) is 3.04. The highest BCUT2D eigenvalue weighted by Gasteiger charge is 2.69. The predicted octanol–water partition coefficient (Wildman–Crippen LogP) is 6.86. The molecule has 3 aliphatic carbocycles. The summed E-state index contributed by atoms with van der Waals surface area (Å²) in [5.74, 6) is 0. The highest BCUT2D eigenvalue weighted by Crippen LogP contribution is 2.69. The fourth-order valence-corrected chi connectivity index (χ4v) is 5.30. The molecule has 0 N–H and O–H groups in total. The molecule has 3 aliphatic rings. The van der Waals surface area contributed by atoms with Crippen LogP contribution >= 0.6 is 0 Å². The van der Waals surface area contributed by atoms with Gasteiger partial charge in [-0.05, 0) is 89.4 Å². The van der Waals surface area contributed by atoms with Gasteiger partial charge in [0, 0.05) is 22.5 Å². The number of carbonyl (C=O) groups excluding carboxylic acids is 2. The van der Waals surface area contributed by atoms with E-state index in [0.717, 1.165) is 10.9 Å². The van der Waals surface area contributed by atoms with Crippen molar-refractivity contribution in [2.75, 3.05) is 6.54 Å². The summed E-state index contributed by atoms with van der Waals surface area (Å²) in [5, 5.41) is 4.39. The number of fused-ring (bicyclic) bond motifs is 1. The number of benzene rings is 1. The van der Waals surface area contributed by atoms with Crippen molar-refractivity contribution in [3.05, 3.63) is 46.0 Å². The Labute approximate surface area is 210 Å². The van der Waals surface area contributed by atoms with Gasteiger partial charge in [0.25, 0.3) is 0 Å². The maximum Gasteiger partial charge on any atom is 0.419 e. The summed E-state index contributed by atoms with van der Waals surface area (Å²) in [4.78, 5) is 30.9. The number of rotatable bonds is 6. The second-order valence-electron chi connectivity index (χ2n) is 12.3. The molecule has 0 spiro atoms. The number of alkyl halides is 1. The van der Waals surface area contributed by atoms with E-state index >= 15 is 0 Å². The standard InChI is InChI=1S/C26H34FN5O4/c1-23(2,3)35-21(33)31(16-25-13-26(27,14-25)15-25)12-19-10-18-8-7-17(11-29-30-28)9-20(18)32(19)22(34)36-24(4,5)6/h7-10H,11-16H2,1-6H3. The molecule has 1 aromatic carbocycles. The summed E-state index contributed by atoms with van der Waals surface area (Å²) in [5.41, 5.74) is 7.79. The molecule has 0 radical (unpaired) electrons. The fraction of sp³-hybridized carbons (Fsp3) is 0.615. The molecule has 36 heavy (non-hydrogen) atoms. The van der Waals surface area contributed by atoms with Crippen molar-refractivity contribution in [2.45, 2.75) is 90.8 Å². The molecule has 0 aliphatic heterocycles. The van der Waals surface area contributed by atoms with Gasteiger partial charge in [0.2, 0.25) is 0 Å². The van der Waals surface area contributed by atoms with Crippen LogP contribution in [0.3, 0.4) is 0 Å².